The van der Waals surface area contributed by atoms with Crippen LogP contribution < -0.4 is 5.59 Å². The number of nitrogens with zero attached hydrogens (tertiary/aromatic N) is 1. The molecule has 2 N–H and O–H groups in total. The molecular formula is C17H14BNO2. The molecule has 0 fully saturated rings. The van der Waals surface area contributed by atoms with Gasteiger partial charge < -0.3 is 10.0 Å². The highest BCUT2D eigenvalue weighted by Crippen LogP contribution is 2.23. The Labute approximate surface area is 123 Å². The van der Waals surface area contributed by atoms with E-state index in [2.05, 4.69) is 17.1 Å². The van der Waals surface area contributed by atoms with E-state index in [1.165, 1.54) is 0 Å². The molecule has 3 nitrogen and oxygen atoms in total. The van der Waals surface area contributed by atoms with Gasteiger partial charge in [0.1, 0.15) is 0 Å². The summed E-state index contributed by atoms with van der Waals surface area (Å²) in [6, 6.07) is 21.7. The molecule has 0 saturated heterocycles. The summed E-state index contributed by atoms with van der Waals surface area (Å²) in [5.41, 5.74) is 4.18. The third-order valence-corrected chi connectivity index (χ3v) is 3.39. The van der Waals surface area contributed by atoms with Crippen LogP contribution >= 0.6 is 0 Å². The number of benzene rings is 2. The van der Waals surface area contributed by atoms with Crippen LogP contribution in [0.5, 0.6) is 0 Å². The van der Waals surface area contributed by atoms with Gasteiger partial charge in [-0.05, 0) is 28.3 Å². The van der Waals surface area contributed by atoms with Crippen LogP contribution in [0.25, 0.3) is 22.3 Å². The topological polar surface area (TPSA) is 53.4 Å². The van der Waals surface area contributed by atoms with E-state index in [0.29, 0.717) is 0 Å². The average Bonchev–Trinajstić information content (AvgIpc) is 2.56. The summed E-state index contributed by atoms with van der Waals surface area (Å²) in [5.74, 6) is 0. The van der Waals surface area contributed by atoms with E-state index in [1.807, 2.05) is 48.5 Å². The maximum Gasteiger partial charge on any atom is 0.508 e. The smallest absolute Gasteiger partial charge is 0.422 e. The van der Waals surface area contributed by atoms with Crippen LogP contribution in [0.2, 0.25) is 0 Å². The van der Waals surface area contributed by atoms with Crippen LogP contribution in [-0.4, -0.2) is 22.2 Å². The van der Waals surface area contributed by atoms with Gasteiger partial charge in [0.2, 0.25) is 0 Å². The van der Waals surface area contributed by atoms with Gasteiger partial charge in [-0.15, -0.1) is 0 Å². The fourth-order valence-electron chi connectivity index (χ4n) is 2.34. The normalized spacial score (nSPS) is 10.4. The molecule has 2 aromatic carbocycles. The molecule has 0 aliphatic rings. The molecule has 102 valence electrons. The van der Waals surface area contributed by atoms with Gasteiger partial charge in [-0.2, -0.15) is 0 Å². The first kappa shape index (κ1) is 13.6. The standard InChI is InChI=1S/C17H14BNO2/c20-18(21)17-16(7-4-12-19-17)15-10-8-14(9-11-15)13-5-2-1-3-6-13/h1-12,20-21H. The van der Waals surface area contributed by atoms with Gasteiger partial charge in [0, 0.05) is 6.20 Å². The fraction of sp³-hybridized carbons (Fsp3) is 0. The van der Waals surface area contributed by atoms with E-state index < -0.39 is 7.12 Å². The number of hydrogen-bond acceptors (Lipinski definition) is 3. The average molecular weight is 275 g/mol. The lowest BCUT2D eigenvalue weighted by Gasteiger charge is -2.09. The summed E-state index contributed by atoms with van der Waals surface area (Å²) in [6.07, 6.45) is 1.55. The van der Waals surface area contributed by atoms with E-state index in [0.717, 1.165) is 22.3 Å². The molecular weight excluding hydrogens is 261 g/mol. The lowest BCUT2D eigenvalue weighted by Crippen LogP contribution is -2.34. The van der Waals surface area contributed by atoms with Crippen molar-refractivity contribution in [3.05, 3.63) is 72.9 Å². The molecule has 0 bridgehead atoms. The van der Waals surface area contributed by atoms with Gasteiger partial charge in [-0.1, -0.05) is 60.7 Å². The van der Waals surface area contributed by atoms with Crippen molar-refractivity contribution in [2.24, 2.45) is 0 Å². The predicted molar refractivity (Wildman–Crippen MR) is 84.9 cm³/mol. The molecule has 0 aliphatic heterocycles. The Morgan fingerprint density at radius 1 is 0.667 bits per heavy atom. The minimum Gasteiger partial charge on any atom is -0.422 e. The number of hydrogen-bond donors (Lipinski definition) is 2. The zero-order chi connectivity index (χ0) is 14.7. The summed E-state index contributed by atoms with van der Waals surface area (Å²) in [5, 5.41) is 18.8. The van der Waals surface area contributed by atoms with Crippen molar-refractivity contribution in [3.63, 3.8) is 0 Å². The van der Waals surface area contributed by atoms with Crippen molar-refractivity contribution in [3.8, 4) is 22.3 Å². The van der Waals surface area contributed by atoms with Crippen LogP contribution in [-0.2, 0) is 0 Å². The first-order valence-corrected chi connectivity index (χ1v) is 6.72. The highest BCUT2D eigenvalue weighted by atomic mass is 16.4. The summed E-state index contributed by atoms with van der Waals surface area (Å²) < 4.78 is 0. The van der Waals surface area contributed by atoms with Gasteiger partial charge in [0.05, 0.1) is 5.59 Å². The number of pyridine rings is 1. The largest absolute Gasteiger partial charge is 0.508 e. The summed E-state index contributed by atoms with van der Waals surface area (Å²) in [7, 11) is -1.57. The molecule has 0 saturated carbocycles. The van der Waals surface area contributed by atoms with E-state index >= 15 is 0 Å². The Balaban J connectivity index is 1.99. The molecule has 1 heterocycles. The monoisotopic (exact) mass is 275 g/mol. The quantitative estimate of drug-likeness (QED) is 0.720. The molecule has 0 atom stereocenters. The highest BCUT2D eigenvalue weighted by Gasteiger charge is 2.18. The van der Waals surface area contributed by atoms with Gasteiger partial charge in [0.15, 0.2) is 0 Å². The van der Waals surface area contributed by atoms with Gasteiger partial charge in [0.25, 0.3) is 0 Å². The molecule has 21 heavy (non-hydrogen) atoms. The minimum atomic E-state index is -1.57. The molecule has 0 spiro atoms. The molecule has 3 rings (SSSR count). The molecule has 3 aromatic rings. The molecule has 4 heteroatoms. The Kier molecular flexibility index (Phi) is 3.82. The summed E-state index contributed by atoms with van der Waals surface area (Å²) >= 11 is 0. The van der Waals surface area contributed by atoms with Crippen molar-refractivity contribution in [1.29, 1.82) is 0 Å². The van der Waals surface area contributed by atoms with Crippen molar-refractivity contribution in [1.82, 2.24) is 4.98 Å². The van der Waals surface area contributed by atoms with Crippen LogP contribution in [0.4, 0.5) is 0 Å². The van der Waals surface area contributed by atoms with Crippen molar-refractivity contribution in [2.75, 3.05) is 0 Å². The zero-order valence-electron chi connectivity index (χ0n) is 11.3. The third-order valence-electron chi connectivity index (χ3n) is 3.39. The first-order chi connectivity index (χ1) is 10.3. The van der Waals surface area contributed by atoms with Crippen LogP contribution in [0.3, 0.4) is 0 Å². The summed E-state index contributed by atoms with van der Waals surface area (Å²) in [4.78, 5) is 4.04. The SMILES string of the molecule is OB(O)c1ncccc1-c1ccc(-c2ccccc2)cc1. The molecule has 0 unspecified atom stereocenters. The Bertz CT molecular complexity index is 727. The van der Waals surface area contributed by atoms with Crippen LogP contribution in [0.1, 0.15) is 0 Å². The molecule has 1 aromatic heterocycles. The molecule has 0 amide bonds. The van der Waals surface area contributed by atoms with E-state index in [9.17, 15) is 10.0 Å². The Morgan fingerprint density at radius 3 is 1.95 bits per heavy atom. The number of rotatable bonds is 3. The van der Waals surface area contributed by atoms with Gasteiger partial charge >= 0.3 is 7.12 Å². The lowest BCUT2D eigenvalue weighted by molar-refractivity contribution is 0.424. The molecule has 0 aliphatic carbocycles. The first-order valence-electron chi connectivity index (χ1n) is 6.72. The Hall–Kier alpha value is -2.43. The maximum atomic E-state index is 9.39. The Morgan fingerprint density at radius 2 is 1.29 bits per heavy atom. The zero-order valence-corrected chi connectivity index (χ0v) is 11.3. The second kappa shape index (κ2) is 5.91. The predicted octanol–water partition coefficient (Wildman–Crippen LogP) is 2.10. The van der Waals surface area contributed by atoms with Crippen molar-refractivity contribution >= 4 is 12.7 Å². The van der Waals surface area contributed by atoms with Crippen LogP contribution in [0.15, 0.2) is 72.9 Å². The van der Waals surface area contributed by atoms with Crippen LogP contribution in [0, 0.1) is 0 Å². The van der Waals surface area contributed by atoms with E-state index in [4.69, 9.17) is 0 Å². The lowest BCUT2D eigenvalue weighted by atomic mass is 9.80. The van der Waals surface area contributed by atoms with E-state index in [1.54, 1.807) is 12.3 Å². The fourth-order valence-corrected chi connectivity index (χ4v) is 2.34. The highest BCUT2D eigenvalue weighted by molar-refractivity contribution is 6.59. The maximum absolute atomic E-state index is 9.39. The van der Waals surface area contributed by atoms with Crippen molar-refractivity contribution in [2.45, 2.75) is 0 Å². The van der Waals surface area contributed by atoms with Crippen molar-refractivity contribution < 1.29 is 10.0 Å². The van der Waals surface area contributed by atoms with Gasteiger partial charge in [-0.3, -0.25) is 4.98 Å². The molecule has 0 radical (unpaired) electrons. The third kappa shape index (κ3) is 2.87. The second-order valence-electron chi connectivity index (χ2n) is 4.75. The van der Waals surface area contributed by atoms with E-state index in [-0.39, 0.29) is 5.59 Å². The van der Waals surface area contributed by atoms with Gasteiger partial charge in [-0.25, -0.2) is 0 Å². The second-order valence-corrected chi connectivity index (χ2v) is 4.75. The minimum absolute atomic E-state index is 0.268. The summed E-state index contributed by atoms with van der Waals surface area (Å²) in [6.45, 7) is 0. The number of aromatic nitrogens is 1.